The molecule has 1 rings (SSSR count). The normalized spacial score (nSPS) is 30.6. The molecule has 4 nitrogen and oxygen atoms in total. The first-order valence-corrected chi connectivity index (χ1v) is 6.74. The van der Waals surface area contributed by atoms with E-state index in [1.54, 1.807) is 0 Å². The van der Waals surface area contributed by atoms with Gasteiger partial charge in [0.2, 0.25) is 0 Å². The molecule has 0 bridgehead atoms. The minimum Gasteiger partial charge on any atom is -0.388 e. The number of rotatable bonds is 4. The first-order valence-electron chi connectivity index (χ1n) is 6.74. The molecule has 17 heavy (non-hydrogen) atoms. The molecular weight excluding hydrogens is 214 g/mol. The molecule has 0 amide bonds. The molecule has 1 fully saturated rings. The van der Waals surface area contributed by atoms with Crippen LogP contribution in [0.2, 0.25) is 0 Å². The van der Waals surface area contributed by atoms with Crippen LogP contribution in [0.25, 0.3) is 0 Å². The molecule has 0 spiro atoms. The van der Waals surface area contributed by atoms with Crippen LogP contribution in [0.4, 0.5) is 0 Å². The fourth-order valence-electron chi connectivity index (χ4n) is 2.36. The van der Waals surface area contributed by atoms with Gasteiger partial charge in [-0.1, -0.05) is 13.3 Å². The Morgan fingerprint density at radius 2 is 2.06 bits per heavy atom. The van der Waals surface area contributed by atoms with Crippen LogP contribution in [-0.4, -0.2) is 29.3 Å². The van der Waals surface area contributed by atoms with Gasteiger partial charge in [0.25, 0.3) is 0 Å². The van der Waals surface area contributed by atoms with E-state index in [0.29, 0.717) is 12.5 Å². The minimum absolute atomic E-state index is 0.282. The Bertz CT molecular complexity index is 255. The highest BCUT2D eigenvalue weighted by atomic mass is 16.3. The first-order chi connectivity index (χ1) is 7.95. The molecule has 100 valence electrons. The summed E-state index contributed by atoms with van der Waals surface area (Å²) in [6.45, 7) is 6.68. The van der Waals surface area contributed by atoms with Crippen LogP contribution in [0, 0.1) is 5.92 Å². The molecule has 1 aliphatic rings. The number of hydrogen-bond donors (Lipinski definition) is 3. The van der Waals surface area contributed by atoms with Gasteiger partial charge in [-0.2, -0.15) is 0 Å². The summed E-state index contributed by atoms with van der Waals surface area (Å²) in [5, 5.41) is 13.4. The summed E-state index contributed by atoms with van der Waals surface area (Å²) in [6.07, 6.45) is 5.14. The Labute approximate surface area is 105 Å². The van der Waals surface area contributed by atoms with Crippen LogP contribution in [0.3, 0.4) is 0 Å². The van der Waals surface area contributed by atoms with Crippen LogP contribution >= 0.6 is 0 Å². The number of hydrogen-bond acceptors (Lipinski definition) is 2. The second-order valence-electron chi connectivity index (χ2n) is 5.58. The van der Waals surface area contributed by atoms with Gasteiger partial charge in [-0.05, 0) is 45.4 Å². The number of nitrogens with two attached hydrogens (primary N) is 1. The van der Waals surface area contributed by atoms with Crippen molar-refractivity contribution in [1.82, 2.24) is 5.32 Å². The van der Waals surface area contributed by atoms with E-state index >= 15 is 0 Å². The van der Waals surface area contributed by atoms with Crippen molar-refractivity contribution in [3.63, 3.8) is 0 Å². The van der Waals surface area contributed by atoms with E-state index in [0.717, 1.165) is 31.6 Å². The highest BCUT2D eigenvalue weighted by Gasteiger charge is 2.32. The Kier molecular flexibility index (Phi) is 5.25. The van der Waals surface area contributed by atoms with Crippen molar-refractivity contribution in [3.8, 4) is 0 Å². The Balaban J connectivity index is 2.40. The van der Waals surface area contributed by atoms with Crippen LogP contribution in [-0.2, 0) is 0 Å². The summed E-state index contributed by atoms with van der Waals surface area (Å²) in [7, 11) is 0. The van der Waals surface area contributed by atoms with Gasteiger partial charge in [-0.3, -0.25) is 4.99 Å². The van der Waals surface area contributed by atoms with E-state index in [1.807, 2.05) is 13.8 Å². The average molecular weight is 241 g/mol. The predicted octanol–water partition coefficient (Wildman–Crippen LogP) is 1.63. The Hall–Kier alpha value is -0.770. The third-order valence-electron chi connectivity index (χ3n) is 3.59. The summed E-state index contributed by atoms with van der Waals surface area (Å²) in [5.74, 6) is 1.22. The molecule has 0 aromatic heterocycles. The lowest BCUT2D eigenvalue weighted by Crippen LogP contribution is -2.41. The summed E-state index contributed by atoms with van der Waals surface area (Å²) >= 11 is 0. The van der Waals surface area contributed by atoms with E-state index < -0.39 is 5.60 Å². The van der Waals surface area contributed by atoms with E-state index in [9.17, 15) is 5.11 Å². The van der Waals surface area contributed by atoms with Gasteiger partial charge in [0.15, 0.2) is 5.96 Å². The van der Waals surface area contributed by atoms with Crippen LogP contribution in [0.5, 0.6) is 0 Å². The van der Waals surface area contributed by atoms with Crippen molar-refractivity contribution in [2.24, 2.45) is 16.6 Å². The zero-order valence-electron chi connectivity index (χ0n) is 11.4. The number of nitrogens with one attached hydrogen (secondary N) is 1. The van der Waals surface area contributed by atoms with Gasteiger partial charge >= 0.3 is 0 Å². The number of aliphatic hydroxyl groups is 1. The van der Waals surface area contributed by atoms with Crippen LogP contribution in [0.1, 0.15) is 52.9 Å². The molecule has 4 N–H and O–H groups in total. The molecule has 0 unspecified atom stereocenters. The standard InChI is InChI=1S/C13H27N3O/c1-4-11-5-7-13(17,8-6-11)9-15-12(14)16-10(2)3/h10-11,17H,4-9H2,1-3H3,(H3,14,15,16). The molecule has 1 aliphatic carbocycles. The second kappa shape index (κ2) is 6.24. The molecule has 0 atom stereocenters. The molecule has 0 aliphatic heterocycles. The molecule has 0 radical (unpaired) electrons. The van der Waals surface area contributed by atoms with Crippen molar-refractivity contribution in [1.29, 1.82) is 0 Å². The highest BCUT2D eigenvalue weighted by Crippen LogP contribution is 2.33. The van der Waals surface area contributed by atoms with E-state index in [4.69, 9.17) is 5.73 Å². The Morgan fingerprint density at radius 1 is 1.47 bits per heavy atom. The average Bonchev–Trinajstić information content (AvgIpc) is 2.27. The van der Waals surface area contributed by atoms with Gasteiger partial charge in [0.1, 0.15) is 0 Å². The van der Waals surface area contributed by atoms with Crippen LogP contribution in [0.15, 0.2) is 4.99 Å². The highest BCUT2D eigenvalue weighted by molar-refractivity contribution is 5.78. The van der Waals surface area contributed by atoms with Gasteiger partial charge < -0.3 is 16.2 Å². The third kappa shape index (κ3) is 4.94. The number of aliphatic imine (C=N–C) groups is 1. The quantitative estimate of drug-likeness (QED) is 0.517. The van der Waals surface area contributed by atoms with Gasteiger partial charge in [0.05, 0.1) is 12.1 Å². The lowest BCUT2D eigenvalue weighted by atomic mass is 9.78. The first kappa shape index (κ1) is 14.3. The van der Waals surface area contributed by atoms with Gasteiger partial charge in [-0.15, -0.1) is 0 Å². The molecule has 4 heteroatoms. The predicted molar refractivity (Wildman–Crippen MR) is 72.0 cm³/mol. The number of nitrogens with zero attached hydrogens (tertiary/aromatic N) is 1. The van der Waals surface area contributed by atoms with Crippen molar-refractivity contribution >= 4 is 5.96 Å². The lowest BCUT2D eigenvalue weighted by molar-refractivity contribution is -0.000997. The molecule has 0 heterocycles. The summed E-state index contributed by atoms with van der Waals surface area (Å²) in [4.78, 5) is 4.24. The maximum atomic E-state index is 10.4. The zero-order valence-corrected chi connectivity index (χ0v) is 11.4. The van der Waals surface area contributed by atoms with Gasteiger partial charge in [-0.25, -0.2) is 0 Å². The summed E-state index contributed by atoms with van der Waals surface area (Å²) in [6, 6.07) is 0.282. The summed E-state index contributed by atoms with van der Waals surface area (Å²) in [5.41, 5.74) is 5.10. The zero-order chi connectivity index (χ0) is 12.9. The SMILES string of the molecule is CCC1CCC(O)(CN=C(N)NC(C)C)CC1. The largest absolute Gasteiger partial charge is 0.388 e. The fourth-order valence-corrected chi connectivity index (χ4v) is 2.36. The third-order valence-corrected chi connectivity index (χ3v) is 3.59. The van der Waals surface area contributed by atoms with E-state index in [2.05, 4.69) is 17.2 Å². The monoisotopic (exact) mass is 241 g/mol. The topological polar surface area (TPSA) is 70.6 Å². The molecule has 0 aromatic rings. The maximum Gasteiger partial charge on any atom is 0.188 e. The lowest BCUT2D eigenvalue weighted by Gasteiger charge is -2.34. The fraction of sp³-hybridized carbons (Fsp3) is 0.923. The van der Waals surface area contributed by atoms with Crippen molar-refractivity contribution in [3.05, 3.63) is 0 Å². The Morgan fingerprint density at radius 3 is 2.53 bits per heavy atom. The van der Waals surface area contributed by atoms with Gasteiger partial charge in [0, 0.05) is 6.04 Å². The maximum absolute atomic E-state index is 10.4. The number of guanidine groups is 1. The van der Waals surface area contributed by atoms with E-state index in [1.165, 1.54) is 6.42 Å². The van der Waals surface area contributed by atoms with Crippen molar-refractivity contribution in [2.75, 3.05) is 6.54 Å². The molecule has 1 saturated carbocycles. The van der Waals surface area contributed by atoms with Crippen molar-refractivity contribution in [2.45, 2.75) is 64.5 Å². The molecular formula is C13H27N3O. The molecule has 0 aromatic carbocycles. The van der Waals surface area contributed by atoms with E-state index in [-0.39, 0.29) is 6.04 Å². The minimum atomic E-state index is -0.630. The van der Waals surface area contributed by atoms with Crippen molar-refractivity contribution < 1.29 is 5.11 Å². The van der Waals surface area contributed by atoms with Crippen LogP contribution < -0.4 is 11.1 Å². The summed E-state index contributed by atoms with van der Waals surface area (Å²) < 4.78 is 0. The smallest absolute Gasteiger partial charge is 0.188 e. The molecule has 0 saturated heterocycles. The second-order valence-corrected chi connectivity index (χ2v) is 5.58.